The number of alkyl carbamates (subject to hydrolysis) is 2. The Morgan fingerprint density at radius 1 is 0.859 bits per heavy atom. The molecule has 2 saturated carbocycles. The highest BCUT2D eigenvalue weighted by Gasteiger charge is 2.61. The van der Waals surface area contributed by atoms with Gasteiger partial charge in [-0.3, -0.25) is 9.59 Å². The molecular formula is C49H57N9O6. The van der Waals surface area contributed by atoms with Crippen molar-refractivity contribution >= 4 is 35.1 Å². The molecule has 3 aromatic rings. The average Bonchev–Trinajstić information content (AvgIpc) is 3.71. The summed E-state index contributed by atoms with van der Waals surface area (Å²) < 4.78 is 9.65. The van der Waals surface area contributed by atoms with Gasteiger partial charge in [-0.15, -0.1) is 0 Å². The van der Waals surface area contributed by atoms with Crippen LogP contribution in [0.15, 0.2) is 73.1 Å². The monoisotopic (exact) mass is 867 g/mol. The zero-order chi connectivity index (χ0) is 45.3. The second-order valence-electron chi connectivity index (χ2n) is 20.0. The summed E-state index contributed by atoms with van der Waals surface area (Å²) in [4.78, 5) is 72.4. The Hall–Kier alpha value is -6.43. The molecule has 3 unspecified atom stereocenters. The number of nitriles is 1. The van der Waals surface area contributed by atoms with E-state index in [0.29, 0.717) is 30.6 Å². The second-order valence-corrected chi connectivity index (χ2v) is 20.0. The number of imidazole rings is 2. The largest absolute Gasteiger partial charge is 0.453 e. The van der Waals surface area contributed by atoms with E-state index in [-0.39, 0.29) is 47.1 Å². The number of benzene rings is 1. The number of allylic oxidation sites excluding steroid dienone is 8. The lowest BCUT2D eigenvalue weighted by Crippen LogP contribution is -2.54. The van der Waals surface area contributed by atoms with E-state index in [9.17, 15) is 24.4 Å². The van der Waals surface area contributed by atoms with Crippen LogP contribution >= 0.6 is 0 Å². The number of H-pyrrole nitrogens is 2. The summed E-state index contributed by atoms with van der Waals surface area (Å²) in [5.74, 6) is 1.18. The third-order valence-electron chi connectivity index (χ3n) is 14.4. The number of methoxy groups -OCH3 is 2. The Morgan fingerprint density at radius 3 is 2.17 bits per heavy atom. The summed E-state index contributed by atoms with van der Waals surface area (Å²) in [5.41, 5.74) is 5.41. The Labute approximate surface area is 373 Å². The summed E-state index contributed by atoms with van der Waals surface area (Å²) in [5, 5.41) is 15.3. The van der Waals surface area contributed by atoms with Gasteiger partial charge in [-0.25, -0.2) is 19.6 Å². The van der Waals surface area contributed by atoms with Gasteiger partial charge in [0.05, 0.1) is 62.1 Å². The number of hydrogen-bond acceptors (Lipinski definition) is 9. The van der Waals surface area contributed by atoms with Gasteiger partial charge in [0.2, 0.25) is 11.8 Å². The van der Waals surface area contributed by atoms with Gasteiger partial charge in [0, 0.05) is 18.5 Å². The molecule has 4 heterocycles. The van der Waals surface area contributed by atoms with Gasteiger partial charge in [-0.05, 0) is 76.5 Å². The third-order valence-corrected chi connectivity index (χ3v) is 14.4. The predicted molar refractivity (Wildman–Crippen MR) is 238 cm³/mol. The smallest absolute Gasteiger partial charge is 0.407 e. The molecule has 2 aromatic heterocycles. The van der Waals surface area contributed by atoms with Crippen molar-refractivity contribution in [1.29, 1.82) is 5.26 Å². The minimum absolute atomic E-state index is 0.106. The van der Waals surface area contributed by atoms with Crippen LogP contribution in [0, 0.1) is 51.2 Å². The molecule has 4 amide bonds. The lowest BCUT2D eigenvalue weighted by Gasteiger charge is -2.34. The Kier molecular flexibility index (Phi) is 10.7. The van der Waals surface area contributed by atoms with E-state index in [2.05, 4.69) is 87.4 Å². The number of carbonyl (C=O) groups excluding carboxylic acids is 4. The van der Waals surface area contributed by atoms with E-state index in [1.165, 1.54) is 14.2 Å². The van der Waals surface area contributed by atoms with Crippen molar-refractivity contribution in [2.24, 2.45) is 39.9 Å². The zero-order valence-electron chi connectivity index (χ0n) is 37.5. The Balaban J connectivity index is 0.877. The minimum Gasteiger partial charge on any atom is -0.453 e. The summed E-state index contributed by atoms with van der Waals surface area (Å²) in [6.45, 7) is 10.4. The first-order chi connectivity index (χ1) is 30.6. The summed E-state index contributed by atoms with van der Waals surface area (Å²) >= 11 is 0. The number of nitrogens with zero attached hydrogens (tertiary/aromatic N) is 5. The van der Waals surface area contributed by atoms with Crippen molar-refractivity contribution < 1.29 is 28.7 Å². The number of aromatic nitrogens is 4. The van der Waals surface area contributed by atoms with Crippen molar-refractivity contribution in [3.05, 3.63) is 96.0 Å². The molecule has 2 aliphatic heterocycles. The number of aromatic amines is 2. The van der Waals surface area contributed by atoms with Crippen LogP contribution in [0.4, 0.5) is 9.59 Å². The van der Waals surface area contributed by atoms with E-state index in [1.807, 2.05) is 45.7 Å². The molecule has 15 heteroatoms. The van der Waals surface area contributed by atoms with Crippen LogP contribution in [0.3, 0.4) is 0 Å². The highest BCUT2D eigenvalue weighted by atomic mass is 16.5. The molecule has 2 spiro atoms. The molecule has 0 radical (unpaired) electrons. The lowest BCUT2D eigenvalue weighted by atomic mass is 9.85. The average molecular weight is 868 g/mol. The minimum atomic E-state index is -0.857. The van der Waals surface area contributed by atoms with Crippen LogP contribution in [0.25, 0.3) is 22.4 Å². The number of hydrogen-bond donors (Lipinski definition) is 4. The first-order valence-corrected chi connectivity index (χ1v) is 22.3. The van der Waals surface area contributed by atoms with Gasteiger partial charge in [0.1, 0.15) is 23.7 Å². The van der Waals surface area contributed by atoms with Crippen LogP contribution in [-0.2, 0) is 19.1 Å². The van der Waals surface area contributed by atoms with E-state index in [1.54, 1.807) is 11.1 Å². The van der Waals surface area contributed by atoms with Gasteiger partial charge in [-0.1, -0.05) is 95.3 Å². The van der Waals surface area contributed by atoms with Crippen LogP contribution in [0.5, 0.6) is 0 Å². The first-order valence-electron chi connectivity index (χ1n) is 22.3. The highest BCUT2D eigenvalue weighted by molar-refractivity contribution is 5.88. The van der Waals surface area contributed by atoms with E-state index < -0.39 is 35.7 Å². The fraction of sp³-hybridized carbons (Fsp3) is 0.490. The van der Waals surface area contributed by atoms with Crippen molar-refractivity contribution in [3.63, 3.8) is 0 Å². The predicted octanol–water partition coefficient (Wildman–Crippen LogP) is 7.26. The van der Waals surface area contributed by atoms with Crippen LogP contribution in [-0.4, -0.2) is 93.1 Å². The molecule has 2 saturated heterocycles. The zero-order valence-corrected chi connectivity index (χ0v) is 37.5. The van der Waals surface area contributed by atoms with Crippen molar-refractivity contribution in [3.8, 4) is 17.3 Å². The number of nitrogens with one attached hydrogen (secondary N) is 4. The number of rotatable bonds is 10. The summed E-state index contributed by atoms with van der Waals surface area (Å²) in [6, 6.07) is 8.47. The fourth-order valence-corrected chi connectivity index (χ4v) is 10.4. The maximum Gasteiger partial charge on any atom is 0.407 e. The third kappa shape index (κ3) is 7.70. The molecule has 334 valence electrons. The van der Waals surface area contributed by atoms with Crippen LogP contribution in [0.1, 0.15) is 95.3 Å². The lowest BCUT2D eigenvalue weighted by molar-refractivity contribution is -0.137. The van der Waals surface area contributed by atoms with E-state index >= 15 is 0 Å². The number of likely N-dealkylation sites (tertiary alicyclic amines) is 2. The number of carbonyl (C=O) groups is 4. The number of fused-ring (bicyclic) bond motifs is 1. The Bertz CT molecular complexity index is 2530. The van der Waals surface area contributed by atoms with E-state index in [4.69, 9.17) is 19.4 Å². The summed E-state index contributed by atoms with van der Waals surface area (Å²) in [6.07, 6.45) is 19.5. The maximum absolute atomic E-state index is 14.0. The Morgan fingerprint density at radius 2 is 1.52 bits per heavy atom. The fourth-order valence-electron chi connectivity index (χ4n) is 10.4. The summed E-state index contributed by atoms with van der Waals surface area (Å²) in [7, 11) is 2.57. The molecule has 1 aromatic carbocycles. The molecule has 4 N–H and O–H groups in total. The normalized spacial score (nSPS) is 26.9. The van der Waals surface area contributed by atoms with Crippen molar-refractivity contribution in [1.82, 2.24) is 40.4 Å². The molecule has 4 fully saturated rings. The molecule has 4 aliphatic carbocycles. The van der Waals surface area contributed by atoms with Gasteiger partial charge in [0.25, 0.3) is 0 Å². The topological polar surface area (TPSA) is 198 Å². The van der Waals surface area contributed by atoms with Crippen LogP contribution in [0.2, 0.25) is 0 Å². The highest BCUT2D eigenvalue weighted by Crippen LogP contribution is 2.67. The van der Waals surface area contributed by atoms with Crippen molar-refractivity contribution in [2.75, 3.05) is 27.3 Å². The number of ether oxygens (including phenoxy) is 2. The SMILES string of the molecule is COC(=O)N[C@H](C(=O)N1CC2(CC2)C[C@H]1c1ncc(C2=CC34C=CC(c5ccc(-c6cnc([C@@H]7C[C@H](C#N)CN7C(=O)[C@@H](NC(=O)OC)C(C)(C)C)[nH]6)cc5)=CC3C4C=C2)[nH]1)C(C)C. The van der Waals surface area contributed by atoms with E-state index in [0.717, 1.165) is 58.7 Å². The molecule has 9 rings (SSSR count). The molecule has 8 atom stereocenters. The molecule has 6 aliphatic rings. The quantitative estimate of drug-likeness (QED) is 0.162. The molecule has 15 nitrogen and oxygen atoms in total. The first kappa shape index (κ1) is 42.9. The number of amides is 4. The second kappa shape index (κ2) is 16.0. The van der Waals surface area contributed by atoms with Gasteiger partial charge in [0.15, 0.2) is 0 Å². The van der Waals surface area contributed by atoms with Gasteiger partial charge >= 0.3 is 12.2 Å². The van der Waals surface area contributed by atoms with Crippen molar-refractivity contribution in [2.45, 2.75) is 84.5 Å². The van der Waals surface area contributed by atoms with Crippen LogP contribution < -0.4 is 10.6 Å². The standard InChI is InChI=1S/C49H57N9O6/c1-27(2)39(55-45(61)63-6)43(59)58-26-48(16-17-48)21-38(58)42-52-24-36(54-42)32-12-13-33-34-19-31(14-15-49(33,34)20-32)29-8-10-30(11-9-29)35-23-51-41(53-35)37-18-28(22-50)25-57(37)44(60)40(47(3,4)5)56-46(62)64-7/h8-15,19-20,23-24,27-28,33-34,37-40H,16-18,21,25-26H2,1-7H3,(H,51,53)(H,52,54)(H,55,61)(H,56,62)/t28-,33?,34?,37+,38+,39+,40-,49?/m1/s1. The maximum atomic E-state index is 14.0. The molecule has 64 heavy (non-hydrogen) atoms. The van der Waals surface area contributed by atoms with Gasteiger partial charge < -0.3 is 39.9 Å². The molecule has 0 bridgehead atoms. The van der Waals surface area contributed by atoms with Gasteiger partial charge in [-0.2, -0.15) is 5.26 Å². The molecular weight excluding hydrogens is 811 g/mol.